The van der Waals surface area contributed by atoms with Crippen LogP contribution in [-0.4, -0.2) is 62.7 Å². The number of halogens is 1. The van der Waals surface area contributed by atoms with Crippen molar-refractivity contribution in [2.24, 2.45) is 0 Å². The van der Waals surface area contributed by atoms with Gasteiger partial charge in [0, 0.05) is 32.7 Å². The van der Waals surface area contributed by atoms with E-state index < -0.39 is 0 Å². The third-order valence-electron chi connectivity index (χ3n) is 5.66. The molecule has 1 saturated heterocycles. The second-order valence-electron chi connectivity index (χ2n) is 7.42. The molecule has 2 aromatic carbocycles. The molecule has 1 aromatic heterocycles. The molecule has 0 aliphatic carbocycles. The normalized spacial score (nSPS) is 16.8. The summed E-state index contributed by atoms with van der Waals surface area (Å²) >= 11 is 0. The van der Waals surface area contributed by atoms with Crippen molar-refractivity contribution >= 4 is 0 Å². The van der Waals surface area contributed by atoms with Crippen molar-refractivity contribution in [1.29, 1.82) is 0 Å². The van der Waals surface area contributed by atoms with Crippen LogP contribution in [0.3, 0.4) is 0 Å². The maximum atomic E-state index is 13.6. The van der Waals surface area contributed by atoms with Gasteiger partial charge in [-0.25, -0.2) is 9.07 Å². The van der Waals surface area contributed by atoms with Crippen LogP contribution >= 0.6 is 0 Å². The van der Waals surface area contributed by atoms with Gasteiger partial charge >= 0.3 is 0 Å². The van der Waals surface area contributed by atoms with Gasteiger partial charge in [-0.3, -0.25) is 4.90 Å². The Balaban J connectivity index is 1.60. The Morgan fingerprint density at radius 1 is 0.966 bits per heavy atom. The van der Waals surface area contributed by atoms with Crippen molar-refractivity contribution in [3.8, 4) is 0 Å². The van der Waals surface area contributed by atoms with Crippen LogP contribution < -0.4 is 0 Å². The highest BCUT2D eigenvalue weighted by molar-refractivity contribution is 5.25. The van der Waals surface area contributed by atoms with Gasteiger partial charge in [-0.2, -0.15) is 0 Å². The highest BCUT2D eigenvalue weighted by Crippen LogP contribution is 2.28. The molecule has 29 heavy (non-hydrogen) atoms. The zero-order valence-corrected chi connectivity index (χ0v) is 16.8. The standard InChI is InChI=1S/C22H27FN6/c1-2-27-14-16-28(17-15-27)21(19-8-10-20(23)11-9-19)22-24-25-26-29(22)13-12-18-6-4-3-5-7-18/h3-11,21H,2,12-17H2,1H3/t21-/m0/s1. The monoisotopic (exact) mass is 394 g/mol. The molecule has 1 fully saturated rings. The van der Waals surface area contributed by atoms with Crippen LogP contribution in [0.4, 0.5) is 4.39 Å². The molecule has 152 valence electrons. The Hall–Kier alpha value is -2.64. The number of aromatic nitrogens is 4. The molecule has 0 amide bonds. The number of benzene rings is 2. The molecule has 0 radical (unpaired) electrons. The van der Waals surface area contributed by atoms with Crippen molar-refractivity contribution in [1.82, 2.24) is 30.0 Å². The van der Waals surface area contributed by atoms with Gasteiger partial charge < -0.3 is 4.90 Å². The molecule has 7 heteroatoms. The molecular weight excluding hydrogens is 367 g/mol. The van der Waals surface area contributed by atoms with Crippen LogP contribution in [-0.2, 0) is 13.0 Å². The van der Waals surface area contributed by atoms with Crippen LogP contribution in [0.1, 0.15) is 29.9 Å². The lowest BCUT2D eigenvalue weighted by atomic mass is 10.0. The van der Waals surface area contributed by atoms with Gasteiger partial charge in [0.05, 0.1) is 6.04 Å². The number of nitrogens with zero attached hydrogens (tertiary/aromatic N) is 6. The molecule has 0 N–H and O–H groups in total. The van der Waals surface area contributed by atoms with Crippen LogP contribution in [0.25, 0.3) is 0 Å². The smallest absolute Gasteiger partial charge is 0.173 e. The maximum Gasteiger partial charge on any atom is 0.173 e. The van der Waals surface area contributed by atoms with Gasteiger partial charge in [0.1, 0.15) is 5.82 Å². The van der Waals surface area contributed by atoms with Crippen molar-refractivity contribution < 1.29 is 4.39 Å². The number of rotatable bonds is 7. The number of hydrogen-bond acceptors (Lipinski definition) is 5. The quantitative estimate of drug-likeness (QED) is 0.617. The van der Waals surface area contributed by atoms with E-state index in [1.54, 1.807) is 0 Å². The summed E-state index contributed by atoms with van der Waals surface area (Å²) in [5.41, 5.74) is 2.27. The Morgan fingerprint density at radius 2 is 1.69 bits per heavy atom. The Kier molecular flexibility index (Phi) is 6.27. The first kappa shape index (κ1) is 19.7. The van der Waals surface area contributed by atoms with Gasteiger partial charge in [-0.15, -0.1) is 5.10 Å². The summed E-state index contributed by atoms with van der Waals surface area (Å²) in [4.78, 5) is 4.85. The van der Waals surface area contributed by atoms with E-state index >= 15 is 0 Å². The number of piperazine rings is 1. The second-order valence-corrected chi connectivity index (χ2v) is 7.42. The summed E-state index contributed by atoms with van der Waals surface area (Å²) in [7, 11) is 0. The predicted molar refractivity (Wildman–Crippen MR) is 110 cm³/mol. The van der Waals surface area contributed by atoms with Crippen LogP contribution in [0, 0.1) is 5.82 Å². The zero-order chi connectivity index (χ0) is 20.1. The number of aryl methyl sites for hydroxylation is 2. The maximum absolute atomic E-state index is 13.6. The SMILES string of the molecule is CCN1CCN([C@@H](c2ccc(F)cc2)c2nnnn2CCc2ccccc2)CC1. The molecule has 0 saturated carbocycles. The zero-order valence-electron chi connectivity index (χ0n) is 16.8. The molecule has 1 aliphatic heterocycles. The number of tetrazole rings is 1. The fraction of sp³-hybridized carbons (Fsp3) is 0.409. The minimum absolute atomic E-state index is 0.0830. The van der Waals surface area contributed by atoms with Crippen LogP contribution in [0.15, 0.2) is 54.6 Å². The molecule has 6 nitrogen and oxygen atoms in total. The third kappa shape index (κ3) is 4.68. The summed E-state index contributed by atoms with van der Waals surface area (Å²) in [6, 6.07) is 17.0. The number of hydrogen-bond donors (Lipinski definition) is 0. The van der Waals surface area contributed by atoms with Crippen LogP contribution in [0.5, 0.6) is 0 Å². The van der Waals surface area contributed by atoms with E-state index in [1.807, 2.05) is 35.0 Å². The van der Waals surface area contributed by atoms with Gasteiger partial charge in [0.15, 0.2) is 5.82 Å². The first-order valence-electron chi connectivity index (χ1n) is 10.3. The van der Waals surface area contributed by atoms with E-state index in [-0.39, 0.29) is 11.9 Å². The van der Waals surface area contributed by atoms with E-state index in [0.29, 0.717) is 6.54 Å². The lowest BCUT2D eigenvalue weighted by Crippen LogP contribution is -2.48. The Bertz CT molecular complexity index is 887. The molecule has 3 aromatic rings. The van der Waals surface area contributed by atoms with Gasteiger partial charge in [-0.05, 0) is 46.7 Å². The molecular formula is C22H27FN6. The lowest BCUT2D eigenvalue weighted by Gasteiger charge is -2.38. The molecule has 1 atom stereocenters. The highest BCUT2D eigenvalue weighted by atomic mass is 19.1. The molecule has 4 rings (SSSR count). The lowest BCUT2D eigenvalue weighted by molar-refractivity contribution is 0.108. The average molecular weight is 394 g/mol. The highest BCUT2D eigenvalue weighted by Gasteiger charge is 2.30. The van der Waals surface area contributed by atoms with Gasteiger partial charge in [-0.1, -0.05) is 49.4 Å². The summed E-state index contributed by atoms with van der Waals surface area (Å²) in [6.45, 7) is 7.85. The topological polar surface area (TPSA) is 50.1 Å². The van der Waals surface area contributed by atoms with Crippen molar-refractivity contribution in [3.63, 3.8) is 0 Å². The first-order valence-corrected chi connectivity index (χ1v) is 10.3. The predicted octanol–water partition coefficient (Wildman–Crippen LogP) is 2.78. The Morgan fingerprint density at radius 3 is 2.38 bits per heavy atom. The van der Waals surface area contributed by atoms with Gasteiger partial charge in [0.2, 0.25) is 0 Å². The molecule has 0 bridgehead atoms. The summed E-state index contributed by atoms with van der Waals surface area (Å²) in [5.74, 6) is 0.587. The largest absolute Gasteiger partial charge is 0.301 e. The third-order valence-corrected chi connectivity index (χ3v) is 5.66. The number of likely N-dealkylation sites (N-methyl/N-ethyl adjacent to an activating group) is 1. The van der Waals surface area contributed by atoms with E-state index in [2.05, 4.69) is 44.4 Å². The van der Waals surface area contributed by atoms with Crippen molar-refractivity contribution in [2.45, 2.75) is 25.9 Å². The summed E-state index contributed by atoms with van der Waals surface area (Å²) < 4.78 is 15.4. The van der Waals surface area contributed by atoms with E-state index in [0.717, 1.165) is 50.5 Å². The van der Waals surface area contributed by atoms with Crippen molar-refractivity contribution in [3.05, 3.63) is 77.4 Å². The molecule has 1 aliphatic rings. The van der Waals surface area contributed by atoms with E-state index in [4.69, 9.17) is 0 Å². The average Bonchev–Trinajstić information content (AvgIpc) is 3.23. The molecule has 0 spiro atoms. The Labute approximate surface area is 170 Å². The molecule has 2 heterocycles. The second kappa shape index (κ2) is 9.24. The summed E-state index contributed by atoms with van der Waals surface area (Å²) in [5, 5.41) is 12.6. The van der Waals surface area contributed by atoms with E-state index in [9.17, 15) is 4.39 Å². The van der Waals surface area contributed by atoms with E-state index in [1.165, 1.54) is 17.7 Å². The fourth-order valence-corrected chi connectivity index (χ4v) is 3.95. The minimum atomic E-state index is -0.230. The fourth-order valence-electron chi connectivity index (χ4n) is 3.95. The van der Waals surface area contributed by atoms with Gasteiger partial charge in [0.25, 0.3) is 0 Å². The molecule has 0 unspecified atom stereocenters. The summed E-state index contributed by atoms with van der Waals surface area (Å²) in [6.07, 6.45) is 0.860. The van der Waals surface area contributed by atoms with Crippen molar-refractivity contribution in [2.75, 3.05) is 32.7 Å². The van der Waals surface area contributed by atoms with Crippen LogP contribution in [0.2, 0.25) is 0 Å². The minimum Gasteiger partial charge on any atom is -0.301 e. The first-order chi connectivity index (χ1) is 14.2.